The molecule has 1 aromatic rings. The Morgan fingerprint density at radius 2 is 1.25 bits per heavy atom. The molecule has 1 fully saturated rings. The lowest BCUT2D eigenvalue weighted by Crippen LogP contribution is -2.55. The monoisotopic (exact) mass is 160 g/mol. The van der Waals surface area contributed by atoms with Crippen LogP contribution in [0.15, 0.2) is 30.6 Å². The Labute approximate surface area is 74.4 Å². The highest BCUT2D eigenvalue weighted by Crippen LogP contribution is 1.73. The molecule has 1 aromatic heterocycles. The second-order valence-electron chi connectivity index (χ2n) is 2.30. The minimum Gasteiger partial charge on any atom is -0.378 e. The van der Waals surface area contributed by atoms with Crippen molar-refractivity contribution < 1.29 is 0 Å². The van der Waals surface area contributed by atoms with Gasteiger partial charge >= 0.3 is 0 Å². The smallest absolute Gasteiger partial charge is 0.265 e. The Kier molecular flexibility index (Phi) is 5.36. The first-order valence-electron chi connectivity index (χ1n) is 3.97. The summed E-state index contributed by atoms with van der Waals surface area (Å²) in [4.78, 5) is 3.78. The van der Waals surface area contributed by atoms with Crippen LogP contribution in [0.2, 0.25) is 0 Å². The first kappa shape index (κ1) is 9.31. The Morgan fingerprint density at radius 1 is 0.750 bits per heavy atom. The molecule has 7 heteroatoms. The van der Waals surface area contributed by atoms with Crippen LogP contribution in [0.25, 0.3) is 0 Å². The van der Waals surface area contributed by atoms with Crippen molar-refractivity contribution in [2.24, 2.45) is 0 Å². The summed E-state index contributed by atoms with van der Waals surface area (Å²) in [6.45, 7) is 0. The molecule has 0 saturated carbocycles. The van der Waals surface area contributed by atoms with Gasteiger partial charge in [0.15, 0.2) is 0 Å². The first-order valence-corrected chi connectivity index (χ1v) is 3.97. The van der Waals surface area contributed by atoms with E-state index >= 15 is 0 Å². The quantitative estimate of drug-likeness (QED) is 0.371. The fourth-order valence-electron chi connectivity index (χ4n) is 0.765. The Balaban J connectivity index is 0.000000120. The van der Waals surface area contributed by atoms with E-state index in [1.807, 2.05) is 18.2 Å². The molecule has 0 aliphatic carbocycles. The van der Waals surface area contributed by atoms with Gasteiger partial charge in [-0.3, -0.25) is 4.98 Å². The van der Waals surface area contributed by atoms with E-state index in [0.717, 1.165) is 22.6 Å². The molecule has 12 heavy (non-hydrogen) atoms. The average molecular weight is 160 g/mol. The van der Waals surface area contributed by atoms with Crippen LogP contribution in [-0.2, 0) is 0 Å². The van der Waals surface area contributed by atoms with Crippen LogP contribution in [0.4, 0.5) is 0 Å². The van der Waals surface area contributed by atoms with Crippen LogP contribution < -0.4 is 15.4 Å². The lowest BCUT2D eigenvalue weighted by molar-refractivity contribution is 1.28. The molecule has 0 bridgehead atoms. The highest BCUT2D eigenvalue weighted by Gasteiger charge is 1.97. The van der Waals surface area contributed by atoms with E-state index in [1.54, 1.807) is 12.4 Å². The Morgan fingerprint density at radius 3 is 1.42 bits per heavy atom. The van der Waals surface area contributed by atoms with Gasteiger partial charge in [0.1, 0.15) is 0 Å². The molecule has 60 valence electrons. The van der Waals surface area contributed by atoms with E-state index in [-0.39, 0.29) is 0 Å². The minimum absolute atomic E-state index is 0.938. The van der Waals surface area contributed by atoms with Crippen LogP contribution in [-0.4, -0.2) is 27.6 Å². The summed E-state index contributed by atoms with van der Waals surface area (Å²) in [6.07, 6.45) is 3.50. The van der Waals surface area contributed by atoms with Crippen LogP contribution in [0.3, 0.4) is 0 Å². The van der Waals surface area contributed by atoms with Crippen molar-refractivity contribution in [3.63, 3.8) is 0 Å². The van der Waals surface area contributed by atoms with Crippen molar-refractivity contribution in [3.8, 4) is 0 Å². The SMILES string of the molecule is B1NBNBN1.c1ccncc1. The minimum atomic E-state index is 0.938. The summed E-state index contributed by atoms with van der Waals surface area (Å²) in [6, 6.07) is 5.72. The van der Waals surface area contributed by atoms with Gasteiger partial charge in [-0.25, -0.2) is 0 Å². The van der Waals surface area contributed by atoms with Gasteiger partial charge in [-0.2, -0.15) is 0 Å². The summed E-state index contributed by atoms with van der Waals surface area (Å²) in [7, 11) is 2.81. The third-order valence-electron chi connectivity index (χ3n) is 1.32. The summed E-state index contributed by atoms with van der Waals surface area (Å²) >= 11 is 0. The van der Waals surface area contributed by atoms with Crippen molar-refractivity contribution in [3.05, 3.63) is 30.6 Å². The van der Waals surface area contributed by atoms with Crippen LogP contribution in [0.1, 0.15) is 0 Å². The van der Waals surface area contributed by atoms with Gasteiger partial charge in [0.2, 0.25) is 0 Å². The number of nitrogens with one attached hydrogen (secondary N) is 3. The molecule has 0 radical (unpaired) electrons. The second-order valence-corrected chi connectivity index (χ2v) is 2.30. The molecule has 0 aromatic carbocycles. The standard InChI is InChI=1S/C5H5N.B3H6N3/c1-2-4-6-5-3-1;1-4-2-6-3-5-1/h1-5H;1-6H. The van der Waals surface area contributed by atoms with Gasteiger partial charge < -0.3 is 15.4 Å². The van der Waals surface area contributed by atoms with E-state index in [2.05, 4.69) is 20.4 Å². The molecule has 0 spiro atoms. The van der Waals surface area contributed by atoms with Gasteiger partial charge in [0.25, 0.3) is 22.6 Å². The van der Waals surface area contributed by atoms with Crippen molar-refractivity contribution in [2.75, 3.05) is 0 Å². The van der Waals surface area contributed by atoms with Crippen LogP contribution >= 0.6 is 0 Å². The molecule has 0 unspecified atom stereocenters. The highest BCUT2D eigenvalue weighted by atomic mass is 15.0. The third kappa shape index (κ3) is 4.95. The maximum atomic E-state index is 3.78. The molecule has 0 amide bonds. The number of aromatic nitrogens is 1. The maximum absolute atomic E-state index is 3.78. The lowest BCUT2D eigenvalue weighted by atomic mass is 9.85. The summed E-state index contributed by atoms with van der Waals surface area (Å²) in [5.41, 5.74) is 0. The van der Waals surface area contributed by atoms with Crippen molar-refractivity contribution in [2.45, 2.75) is 0 Å². The van der Waals surface area contributed by atoms with Gasteiger partial charge in [-0.1, -0.05) is 6.07 Å². The summed E-state index contributed by atoms with van der Waals surface area (Å²) in [5, 5.41) is 9.19. The number of rotatable bonds is 0. The lowest BCUT2D eigenvalue weighted by Gasteiger charge is -2.08. The van der Waals surface area contributed by atoms with Crippen LogP contribution in [0.5, 0.6) is 0 Å². The molecular weight excluding hydrogens is 149 g/mol. The second kappa shape index (κ2) is 6.91. The molecule has 1 aliphatic rings. The fraction of sp³-hybridized carbons (Fsp3) is 0. The zero-order valence-corrected chi connectivity index (χ0v) is 6.96. The molecule has 4 nitrogen and oxygen atoms in total. The average Bonchev–Trinajstić information content (AvgIpc) is 2.24. The van der Waals surface area contributed by atoms with Gasteiger partial charge in [-0.05, 0) is 12.1 Å². The van der Waals surface area contributed by atoms with Crippen molar-refractivity contribution in [1.29, 1.82) is 0 Å². The highest BCUT2D eigenvalue weighted by molar-refractivity contribution is 6.65. The van der Waals surface area contributed by atoms with E-state index < -0.39 is 0 Å². The molecule has 2 heterocycles. The molecule has 2 rings (SSSR count). The molecule has 1 aliphatic heterocycles. The van der Waals surface area contributed by atoms with Crippen LogP contribution in [0, 0.1) is 0 Å². The van der Waals surface area contributed by atoms with E-state index in [1.165, 1.54) is 0 Å². The summed E-state index contributed by atoms with van der Waals surface area (Å²) in [5.74, 6) is 0. The molecule has 3 N–H and O–H groups in total. The van der Waals surface area contributed by atoms with E-state index in [9.17, 15) is 0 Å². The largest absolute Gasteiger partial charge is 0.378 e. The maximum Gasteiger partial charge on any atom is 0.265 e. The Hall–Kier alpha value is -0.775. The number of pyridine rings is 1. The number of nitrogens with zero attached hydrogens (tertiary/aromatic N) is 1. The Bertz CT molecular complexity index is 143. The fourth-order valence-corrected chi connectivity index (χ4v) is 0.765. The number of hydrogen-bond acceptors (Lipinski definition) is 4. The van der Waals surface area contributed by atoms with E-state index in [0.29, 0.717) is 0 Å². The molecular formula is C5H11B3N4. The number of hydrogen-bond donors (Lipinski definition) is 3. The van der Waals surface area contributed by atoms with Gasteiger partial charge in [0.05, 0.1) is 0 Å². The predicted molar refractivity (Wildman–Crippen MR) is 55.1 cm³/mol. The third-order valence-corrected chi connectivity index (χ3v) is 1.32. The zero-order valence-electron chi connectivity index (χ0n) is 6.96. The van der Waals surface area contributed by atoms with Gasteiger partial charge in [0, 0.05) is 12.4 Å². The normalized spacial score (nSPS) is 14.0. The van der Waals surface area contributed by atoms with E-state index in [4.69, 9.17) is 0 Å². The summed E-state index contributed by atoms with van der Waals surface area (Å²) < 4.78 is 0. The molecule has 1 saturated heterocycles. The van der Waals surface area contributed by atoms with Gasteiger partial charge in [-0.15, -0.1) is 0 Å². The van der Waals surface area contributed by atoms with Crippen molar-refractivity contribution in [1.82, 2.24) is 20.4 Å². The topological polar surface area (TPSA) is 49.0 Å². The zero-order chi connectivity index (χ0) is 8.49. The first-order chi connectivity index (χ1) is 6.00. The molecule has 0 atom stereocenters. The van der Waals surface area contributed by atoms with Crippen molar-refractivity contribution >= 4 is 22.6 Å². The predicted octanol–water partition coefficient (Wildman–Crippen LogP) is -2.35.